The van der Waals surface area contributed by atoms with Gasteiger partial charge in [-0.2, -0.15) is 5.10 Å². The van der Waals surface area contributed by atoms with E-state index in [1.165, 1.54) is 6.20 Å². The Morgan fingerprint density at radius 1 is 1.47 bits per heavy atom. The van der Waals surface area contributed by atoms with E-state index in [0.717, 1.165) is 39.1 Å². The van der Waals surface area contributed by atoms with E-state index >= 15 is 0 Å². The van der Waals surface area contributed by atoms with Crippen molar-refractivity contribution >= 4 is 11.7 Å². The minimum Gasteiger partial charge on any atom is -0.383 e. The first-order valence-corrected chi connectivity index (χ1v) is 6.03. The topological polar surface area (TPSA) is 78.2 Å². The maximum atomic E-state index is 12.1. The maximum Gasteiger partial charge on any atom is 0.259 e. The Hall–Kier alpha value is -1.56. The molecule has 94 valence electrons. The Balaban J connectivity index is 1.93. The minimum absolute atomic E-state index is 0.0209. The second kappa shape index (κ2) is 5.18. The van der Waals surface area contributed by atoms with Gasteiger partial charge in [-0.25, -0.2) is 0 Å². The molecule has 0 radical (unpaired) electrons. The number of nitrogens with zero attached hydrogens (tertiary/aromatic N) is 3. The molecule has 1 aliphatic rings. The van der Waals surface area contributed by atoms with Crippen LogP contribution in [0.1, 0.15) is 23.7 Å². The zero-order valence-electron chi connectivity index (χ0n) is 10.1. The SMILES string of the molecule is CCCN1CCN(C(=O)c2cn[nH]c2N)CC1. The zero-order chi connectivity index (χ0) is 12.3. The molecule has 6 nitrogen and oxygen atoms in total. The van der Waals surface area contributed by atoms with Crippen LogP contribution >= 0.6 is 0 Å². The van der Waals surface area contributed by atoms with E-state index in [1.807, 2.05) is 4.90 Å². The lowest BCUT2D eigenvalue weighted by atomic mass is 10.2. The minimum atomic E-state index is -0.0209. The molecule has 1 aromatic rings. The molecule has 1 aliphatic heterocycles. The summed E-state index contributed by atoms with van der Waals surface area (Å²) in [6, 6.07) is 0. The standard InChI is InChI=1S/C11H19N5O/c1-2-3-15-4-6-16(7-5-15)11(17)9-8-13-14-10(9)12/h8H,2-7H2,1H3,(H3,12,13,14). The number of nitrogens with one attached hydrogen (secondary N) is 1. The van der Waals surface area contributed by atoms with Gasteiger partial charge in [-0.1, -0.05) is 6.92 Å². The molecular formula is C11H19N5O. The summed E-state index contributed by atoms with van der Waals surface area (Å²) in [4.78, 5) is 16.3. The van der Waals surface area contributed by atoms with E-state index in [-0.39, 0.29) is 5.91 Å². The van der Waals surface area contributed by atoms with Crippen molar-refractivity contribution in [1.82, 2.24) is 20.0 Å². The molecular weight excluding hydrogens is 218 g/mol. The van der Waals surface area contributed by atoms with Crippen molar-refractivity contribution in [2.45, 2.75) is 13.3 Å². The number of hydrogen-bond donors (Lipinski definition) is 2. The number of nitrogens with two attached hydrogens (primary N) is 1. The van der Waals surface area contributed by atoms with Crippen LogP contribution in [-0.2, 0) is 0 Å². The van der Waals surface area contributed by atoms with Crippen molar-refractivity contribution in [3.8, 4) is 0 Å². The largest absolute Gasteiger partial charge is 0.383 e. The van der Waals surface area contributed by atoms with Gasteiger partial charge in [0.2, 0.25) is 0 Å². The summed E-state index contributed by atoms with van der Waals surface area (Å²) < 4.78 is 0. The molecule has 0 aliphatic carbocycles. The fourth-order valence-electron chi connectivity index (χ4n) is 2.13. The van der Waals surface area contributed by atoms with Crippen LogP contribution in [0.15, 0.2) is 6.20 Å². The number of H-pyrrole nitrogens is 1. The molecule has 0 unspecified atom stereocenters. The molecule has 0 atom stereocenters. The molecule has 6 heteroatoms. The second-order valence-electron chi connectivity index (χ2n) is 4.33. The van der Waals surface area contributed by atoms with E-state index in [4.69, 9.17) is 5.73 Å². The first-order valence-electron chi connectivity index (χ1n) is 6.03. The van der Waals surface area contributed by atoms with Crippen molar-refractivity contribution in [1.29, 1.82) is 0 Å². The third-order valence-electron chi connectivity index (χ3n) is 3.10. The Morgan fingerprint density at radius 3 is 2.71 bits per heavy atom. The fraction of sp³-hybridized carbons (Fsp3) is 0.636. The smallest absolute Gasteiger partial charge is 0.259 e. The molecule has 0 aromatic carbocycles. The van der Waals surface area contributed by atoms with Gasteiger partial charge in [0.05, 0.1) is 6.20 Å². The average molecular weight is 237 g/mol. The Bertz CT molecular complexity index is 381. The second-order valence-corrected chi connectivity index (χ2v) is 4.33. The van der Waals surface area contributed by atoms with E-state index in [0.29, 0.717) is 11.4 Å². The van der Waals surface area contributed by atoms with Crippen LogP contribution in [0.5, 0.6) is 0 Å². The predicted molar refractivity (Wildman–Crippen MR) is 65.6 cm³/mol. The van der Waals surface area contributed by atoms with Crippen LogP contribution in [0.4, 0.5) is 5.82 Å². The number of aromatic amines is 1. The van der Waals surface area contributed by atoms with Crippen LogP contribution in [0.2, 0.25) is 0 Å². The maximum absolute atomic E-state index is 12.1. The van der Waals surface area contributed by atoms with Gasteiger partial charge in [-0.3, -0.25) is 14.8 Å². The summed E-state index contributed by atoms with van der Waals surface area (Å²) in [5.74, 6) is 0.332. The van der Waals surface area contributed by atoms with Crippen LogP contribution in [-0.4, -0.2) is 58.6 Å². The monoisotopic (exact) mass is 237 g/mol. The van der Waals surface area contributed by atoms with Gasteiger partial charge in [0.25, 0.3) is 5.91 Å². The molecule has 2 heterocycles. The quantitative estimate of drug-likeness (QED) is 0.785. The van der Waals surface area contributed by atoms with Gasteiger partial charge >= 0.3 is 0 Å². The highest BCUT2D eigenvalue weighted by Gasteiger charge is 2.23. The first kappa shape index (κ1) is 11.9. The number of aromatic nitrogens is 2. The summed E-state index contributed by atoms with van der Waals surface area (Å²) in [5.41, 5.74) is 6.13. The molecule has 1 amide bonds. The highest BCUT2D eigenvalue weighted by Crippen LogP contribution is 2.12. The van der Waals surface area contributed by atoms with Gasteiger partial charge < -0.3 is 10.6 Å². The lowest BCUT2D eigenvalue weighted by Gasteiger charge is -2.34. The molecule has 3 N–H and O–H groups in total. The van der Waals surface area contributed by atoms with E-state index in [2.05, 4.69) is 22.0 Å². The van der Waals surface area contributed by atoms with E-state index in [9.17, 15) is 4.79 Å². The highest BCUT2D eigenvalue weighted by atomic mass is 16.2. The molecule has 17 heavy (non-hydrogen) atoms. The van der Waals surface area contributed by atoms with Crippen molar-refractivity contribution < 1.29 is 4.79 Å². The van der Waals surface area contributed by atoms with Gasteiger partial charge in [-0.05, 0) is 13.0 Å². The predicted octanol–water partition coefficient (Wildman–Crippen LogP) is 0.160. The third-order valence-corrected chi connectivity index (χ3v) is 3.10. The van der Waals surface area contributed by atoms with E-state index in [1.54, 1.807) is 0 Å². The Kier molecular flexibility index (Phi) is 3.63. The van der Waals surface area contributed by atoms with Crippen molar-refractivity contribution in [2.75, 3.05) is 38.5 Å². The normalized spacial score (nSPS) is 17.4. The zero-order valence-corrected chi connectivity index (χ0v) is 10.1. The summed E-state index contributed by atoms with van der Waals surface area (Å²) >= 11 is 0. The fourth-order valence-corrected chi connectivity index (χ4v) is 2.13. The van der Waals surface area contributed by atoms with Crippen LogP contribution < -0.4 is 5.73 Å². The van der Waals surface area contributed by atoms with Crippen LogP contribution in [0.3, 0.4) is 0 Å². The number of carbonyl (C=O) groups is 1. The van der Waals surface area contributed by atoms with Gasteiger partial charge in [0.1, 0.15) is 11.4 Å². The number of piperazine rings is 1. The van der Waals surface area contributed by atoms with Crippen LogP contribution in [0, 0.1) is 0 Å². The molecule has 1 aromatic heterocycles. The third kappa shape index (κ3) is 2.58. The Morgan fingerprint density at radius 2 is 2.18 bits per heavy atom. The average Bonchev–Trinajstić information content (AvgIpc) is 2.76. The number of hydrogen-bond acceptors (Lipinski definition) is 4. The summed E-state index contributed by atoms with van der Waals surface area (Å²) in [6.07, 6.45) is 2.65. The van der Waals surface area contributed by atoms with Crippen LogP contribution in [0.25, 0.3) is 0 Å². The number of rotatable bonds is 3. The molecule has 1 saturated heterocycles. The Labute approximate surface area is 101 Å². The summed E-state index contributed by atoms with van der Waals surface area (Å²) in [6.45, 7) is 6.70. The van der Waals surface area contributed by atoms with Gasteiger partial charge in [0.15, 0.2) is 0 Å². The highest BCUT2D eigenvalue weighted by molar-refractivity contribution is 5.98. The lowest BCUT2D eigenvalue weighted by molar-refractivity contribution is 0.0638. The van der Waals surface area contributed by atoms with Gasteiger partial charge in [-0.15, -0.1) is 0 Å². The summed E-state index contributed by atoms with van der Waals surface area (Å²) in [7, 11) is 0. The molecule has 1 fully saturated rings. The number of carbonyl (C=O) groups excluding carboxylic acids is 1. The first-order chi connectivity index (χ1) is 8.22. The van der Waals surface area contributed by atoms with Gasteiger partial charge in [0, 0.05) is 26.2 Å². The van der Waals surface area contributed by atoms with Crippen molar-refractivity contribution in [3.63, 3.8) is 0 Å². The molecule has 2 rings (SSSR count). The summed E-state index contributed by atoms with van der Waals surface area (Å²) in [5, 5.41) is 6.36. The van der Waals surface area contributed by atoms with Crippen molar-refractivity contribution in [3.05, 3.63) is 11.8 Å². The van der Waals surface area contributed by atoms with E-state index < -0.39 is 0 Å². The number of anilines is 1. The number of nitrogen functional groups attached to an aromatic ring is 1. The number of amides is 1. The molecule has 0 saturated carbocycles. The lowest BCUT2D eigenvalue weighted by Crippen LogP contribution is -2.48. The van der Waals surface area contributed by atoms with Crippen molar-refractivity contribution in [2.24, 2.45) is 0 Å². The molecule has 0 bridgehead atoms. The molecule has 0 spiro atoms.